The van der Waals surface area contributed by atoms with Crippen molar-refractivity contribution in [1.29, 1.82) is 0 Å². The van der Waals surface area contributed by atoms with Crippen LogP contribution in [0.15, 0.2) is 42.5 Å². The highest BCUT2D eigenvalue weighted by atomic mass is 32.2. The van der Waals surface area contributed by atoms with Crippen LogP contribution >= 0.6 is 0 Å². The number of hydrogen-bond donors (Lipinski definition) is 1. The normalized spacial score (nSPS) is 23.6. The molecule has 5 rings (SSSR count). The number of hydrogen-bond acceptors (Lipinski definition) is 4. The van der Waals surface area contributed by atoms with Crippen LogP contribution in [0.2, 0.25) is 0 Å². The van der Waals surface area contributed by atoms with E-state index in [2.05, 4.69) is 5.32 Å². The zero-order chi connectivity index (χ0) is 29.9. The lowest BCUT2D eigenvalue weighted by molar-refractivity contribution is -0.137. The lowest BCUT2D eigenvalue weighted by Gasteiger charge is -2.43. The summed E-state index contributed by atoms with van der Waals surface area (Å²) in [6, 6.07) is 6.00. The van der Waals surface area contributed by atoms with Gasteiger partial charge in [-0.05, 0) is 68.4 Å². The summed E-state index contributed by atoms with van der Waals surface area (Å²) in [5, 5.41) is 2.79. The van der Waals surface area contributed by atoms with E-state index in [1.54, 1.807) is 6.92 Å². The first-order chi connectivity index (χ1) is 19.1. The van der Waals surface area contributed by atoms with Crippen molar-refractivity contribution in [2.24, 2.45) is 5.92 Å². The topological polar surface area (TPSA) is 86.8 Å². The maximum absolute atomic E-state index is 15.4. The van der Waals surface area contributed by atoms with Crippen LogP contribution in [0.5, 0.6) is 0 Å². The van der Waals surface area contributed by atoms with Crippen molar-refractivity contribution in [1.82, 2.24) is 14.5 Å². The van der Waals surface area contributed by atoms with Gasteiger partial charge in [0, 0.05) is 17.2 Å². The third kappa shape index (κ3) is 5.83. The van der Waals surface area contributed by atoms with Crippen molar-refractivity contribution in [3.63, 3.8) is 0 Å². The van der Waals surface area contributed by atoms with Gasteiger partial charge in [-0.1, -0.05) is 18.2 Å². The highest BCUT2D eigenvalue weighted by Gasteiger charge is 2.49. The maximum Gasteiger partial charge on any atom is 0.416 e. The maximum atomic E-state index is 15.4. The Balaban J connectivity index is 1.34. The zero-order valence-electron chi connectivity index (χ0n) is 22.4. The van der Waals surface area contributed by atoms with E-state index in [0.29, 0.717) is 31.7 Å². The monoisotopic (exact) mass is 599 g/mol. The van der Waals surface area contributed by atoms with Crippen LogP contribution in [0.25, 0.3) is 0 Å². The van der Waals surface area contributed by atoms with Gasteiger partial charge in [0.15, 0.2) is 5.67 Å². The van der Waals surface area contributed by atoms with Crippen LogP contribution in [0, 0.1) is 11.7 Å². The van der Waals surface area contributed by atoms with Crippen molar-refractivity contribution < 1.29 is 40.0 Å². The molecule has 2 amide bonds. The fraction of sp³-hybridized carbons (Fsp3) is 0.500. The molecule has 0 unspecified atom stereocenters. The minimum absolute atomic E-state index is 0.0395. The lowest BCUT2D eigenvalue weighted by Crippen LogP contribution is -2.58. The Morgan fingerprint density at radius 2 is 1.73 bits per heavy atom. The molecule has 3 fully saturated rings. The molecular weight excluding hydrogens is 569 g/mol. The minimum Gasteiger partial charge on any atom is -0.347 e. The van der Waals surface area contributed by atoms with Gasteiger partial charge in [-0.3, -0.25) is 9.59 Å². The number of halogens is 5. The Morgan fingerprint density at radius 1 is 1.05 bits per heavy atom. The predicted octanol–water partition coefficient (Wildman–Crippen LogP) is 4.55. The summed E-state index contributed by atoms with van der Waals surface area (Å²) in [5.74, 6) is -2.25. The van der Waals surface area contributed by atoms with E-state index < -0.39 is 57.1 Å². The molecule has 0 radical (unpaired) electrons. The zero-order valence-corrected chi connectivity index (χ0v) is 23.2. The molecule has 2 heterocycles. The second-order valence-electron chi connectivity index (χ2n) is 11.3. The van der Waals surface area contributed by atoms with Gasteiger partial charge < -0.3 is 10.2 Å². The van der Waals surface area contributed by atoms with Crippen LogP contribution < -0.4 is 5.32 Å². The number of nitrogens with one attached hydrogen (secondary N) is 1. The van der Waals surface area contributed by atoms with Gasteiger partial charge in [-0.2, -0.15) is 17.5 Å². The molecule has 2 saturated heterocycles. The van der Waals surface area contributed by atoms with Crippen molar-refractivity contribution in [3.05, 3.63) is 70.5 Å². The predicted molar refractivity (Wildman–Crippen MR) is 139 cm³/mol. The third-order valence-electron chi connectivity index (χ3n) is 8.21. The highest BCUT2D eigenvalue weighted by Crippen LogP contribution is 2.43. The Bertz CT molecular complexity index is 1470. The van der Waals surface area contributed by atoms with Gasteiger partial charge in [0.2, 0.25) is 15.9 Å². The molecule has 2 aromatic carbocycles. The number of alkyl halides is 4. The van der Waals surface area contributed by atoms with Gasteiger partial charge >= 0.3 is 6.18 Å². The molecule has 3 atom stereocenters. The van der Waals surface area contributed by atoms with Crippen molar-refractivity contribution in [2.45, 2.75) is 62.6 Å². The first-order valence-corrected chi connectivity index (χ1v) is 15.2. The third-order valence-corrected chi connectivity index (χ3v) is 9.41. The molecule has 222 valence electrons. The van der Waals surface area contributed by atoms with Gasteiger partial charge in [0.05, 0.1) is 31.0 Å². The highest BCUT2D eigenvalue weighted by molar-refractivity contribution is 7.88. The second kappa shape index (κ2) is 10.3. The van der Waals surface area contributed by atoms with Crippen molar-refractivity contribution >= 4 is 21.8 Å². The Hall–Kier alpha value is -3.06. The van der Waals surface area contributed by atoms with E-state index in [1.807, 2.05) is 0 Å². The number of nitrogens with zero attached hydrogens (tertiary/aromatic N) is 2. The summed E-state index contributed by atoms with van der Waals surface area (Å²) in [5.41, 5.74) is -2.82. The molecule has 1 saturated carbocycles. The van der Waals surface area contributed by atoms with Gasteiger partial charge in [0.25, 0.3) is 5.91 Å². The number of benzene rings is 2. The summed E-state index contributed by atoms with van der Waals surface area (Å²) in [7, 11) is -3.55. The Kier molecular flexibility index (Phi) is 7.42. The van der Waals surface area contributed by atoms with Gasteiger partial charge in [-0.15, -0.1) is 0 Å². The molecule has 2 aromatic rings. The van der Waals surface area contributed by atoms with Crippen molar-refractivity contribution in [2.75, 3.05) is 19.3 Å². The Morgan fingerprint density at radius 3 is 2.32 bits per heavy atom. The molecule has 13 heteroatoms. The SMILES string of the molecule is C[C@@H]1CC[C@H](C(=O)N[C@@H](c2ccc(C(F)(F)F)cc2F)C2CC2)N1C(=O)c1cccc(C2(F)CN(S(C)(=O)=O)C2)c1. The summed E-state index contributed by atoms with van der Waals surface area (Å²) in [4.78, 5) is 28.5. The lowest BCUT2D eigenvalue weighted by atomic mass is 9.89. The molecule has 1 N–H and O–H groups in total. The van der Waals surface area contributed by atoms with E-state index in [0.717, 1.165) is 22.7 Å². The van der Waals surface area contributed by atoms with Crippen molar-refractivity contribution in [3.8, 4) is 0 Å². The van der Waals surface area contributed by atoms with E-state index in [1.165, 1.54) is 29.2 Å². The minimum atomic E-state index is -4.70. The molecule has 7 nitrogen and oxygen atoms in total. The summed E-state index contributed by atoms with van der Waals surface area (Å²) in [6.07, 6.45) is -1.55. The van der Waals surface area contributed by atoms with E-state index in [4.69, 9.17) is 0 Å². The average molecular weight is 600 g/mol. The fourth-order valence-corrected chi connectivity index (χ4v) is 6.56. The average Bonchev–Trinajstić information content (AvgIpc) is 3.64. The number of amides is 2. The Labute approximate surface area is 234 Å². The molecule has 1 aliphatic carbocycles. The second-order valence-corrected chi connectivity index (χ2v) is 13.3. The van der Waals surface area contributed by atoms with Crippen LogP contribution in [0.4, 0.5) is 22.0 Å². The fourth-order valence-electron chi connectivity index (χ4n) is 5.68. The van der Waals surface area contributed by atoms with Crippen LogP contribution in [-0.2, 0) is 26.7 Å². The molecule has 3 aliphatic rings. The standard InChI is InChI=1S/C28H30F5N3O4S/c1-16-6-11-23(25(37)34-24(17-7-8-17)21-10-9-20(13-22(21)29)28(31,32)33)36(16)26(38)18-4-3-5-19(12-18)27(30)14-35(15-27)41(2,39)40/h3-5,9-10,12-13,16-17,23-24H,6-8,11,14-15H2,1-2H3,(H,34,37)/t16-,23-,24-/m1/s1. The van der Waals surface area contributed by atoms with Gasteiger partial charge in [-0.25, -0.2) is 17.2 Å². The van der Waals surface area contributed by atoms with E-state index >= 15 is 4.39 Å². The van der Waals surface area contributed by atoms with Crippen LogP contribution in [-0.4, -0.2) is 60.9 Å². The molecule has 0 aromatic heterocycles. The summed E-state index contributed by atoms with van der Waals surface area (Å²) in [6.45, 7) is 1.05. The number of carbonyl (C=O) groups excluding carboxylic acids is 2. The quantitative estimate of drug-likeness (QED) is 0.474. The summed E-state index contributed by atoms with van der Waals surface area (Å²) >= 11 is 0. The van der Waals surface area contributed by atoms with Crippen LogP contribution in [0.1, 0.15) is 65.7 Å². The molecule has 2 aliphatic heterocycles. The molecule has 41 heavy (non-hydrogen) atoms. The number of sulfonamides is 1. The van der Waals surface area contributed by atoms with E-state index in [9.17, 15) is 35.6 Å². The number of rotatable bonds is 7. The molecule has 0 bridgehead atoms. The summed E-state index contributed by atoms with van der Waals surface area (Å²) < 4.78 is 93.8. The van der Waals surface area contributed by atoms with Gasteiger partial charge in [0.1, 0.15) is 11.9 Å². The molecular formula is C28H30F5N3O4S. The first-order valence-electron chi connectivity index (χ1n) is 13.3. The van der Waals surface area contributed by atoms with Crippen LogP contribution in [0.3, 0.4) is 0 Å². The van der Waals surface area contributed by atoms with E-state index in [-0.39, 0.29) is 41.7 Å². The molecule has 0 spiro atoms. The number of carbonyl (C=O) groups is 2. The first kappa shape index (κ1) is 29.4. The smallest absolute Gasteiger partial charge is 0.347 e. The largest absolute Gasteiger partial charge is 0.416 e. The number of likely N-dealkylation sites (tertiary alicyclic amines) is 1.